The van der Waals surface area contributed by atoms with Gasteiger partial charge in [-0.05, 0) is 56.3 Å². The molecule has 0 aliphatic heterocycles. The minimum atomic E-state index is -0.834. The molecule has 0 bridgehead atoms. The van der Waals surface area contributed by atoms with E-state index in [1.54, 1.807) is 39.3 Å². The van der Waals surface area contributed by atoms with E-state index in [4.69, 9.17) is 18.9 Å². The number of aromatic nitrogens is 2. The van der Waals surface area contributed by atoms with E-state index in [2.05, 4.69) is 9.97 Å². The molecule has 0 unspecified atom stereocenters. The predicted molar refractivity (Wildman–Crippen MR) is 113 cm³/mol. The van der Waals surface area contributed by atoms with Gasteiger partial charge < -0.3 is 23.9 Å². The summed E-state index contributed by atoms with van der Waals surface area (Å²) in [4.78, 5) is 19.6. The first-order chi connectivity index (χ1) is 14.9. The van der Waals surface area contributed by atoms with Crippen LogP contribution >= 0.6 is 0 Å². The highest BCUT2D eigenvalue weighted by atomic mass is 19.1. The first kappa shape index (κ1) is 20.6. The number of fused-ring (bicyclic) bond motifs is 3. The van der Waals surface area contributed by atoms with E-state index in [9.17, 15) is 9.18 Å². The molecule has 2 aromatic carbocycles. The minimum absolute atomic E-state index is 0.116. The average molecular weight is 424 g/mol. The van der Waals surface area contributed by atoms with Gasteiger partial charge in [-0.3, -0.25) is 0 Å². The smallest absolute Gasteiger partial charge is 0.457 e. The first-order valence-electron chi connectivity index (χ1n) is 9.68. The number of nitrogens with one attached hydrogen (secondary N) is 1. The number of methoxy groups -OCH3 is 1. The Morgan fingerprint density at radius 1 is 1.10 bits per heavy atom. The zero-order valence-corrected chi connectivity index (χ0v) is 17.3. The van der Waals surface area contributed by atoms with Crippen LogP contribution in [0.2, 0.25) is 0 Å². The predicted octanol–water partition coefficient (Wildman–Crippen LogP) is 5.72. The maximum Gasteiger partial charge on any atom is 0.515 e. The topological polar surface area (TPSA) is 82.7 Å². The van der Waals surface area contributed by atoms with Crippen LogP contribution in [0, 0.1) is 5.82 Å². The number of carbonyl (C=O) groups is 1. The quantitative estimate of drug-likeness (QED) is 0.399. The summed E-state index contributed by atoms with van der Waals surface area (Å²) in [5, 5.41) is 1.63. The first-order valence-corrected chi connectivity index (χ1v) is 9.68. The molecule has 0 radical (unpaired) electrons. The van der Waals surface area contributed by atoms with Gasteiger partial charge in [0.2, 0.25) is 5.88 Å². The molecule has 0 amide bonds. The summed E-state index contributed by atoms with van der Waals surface area (Å²) in [6.45, 7) is 3.64. The Morgan fingerprint density at radius 2 is 1.84 bits per heavy atom. The van der Waals surface area contributed by atoms with Gasteiger partial charge in [-0.25, -0.2) is 14.2 Å². The third kappa shape index (κ3) is 4.44. The van der Waals surface area contributed by atoms with Gasteiger partial charge in [0.15, 0.2) is 0 Å². The summed E-state index contributed by atoms with van der Waals surface area (Å²) >= 11 is 0. The zero-order valence-electron chi connectivity index (χ0n) is 17.3. The number of aromatic amines is 1. The molecule has 8 heteroatoms. The maximum absolute atomic E-state index is 13.2. The Morgan fingerprint density at radius 3 is 2.55 bits per heavy atom. The van der Waals surface area contributed by atoms with Crippen molar-refractivity contribution in [3.63, 3.8) is 0 Å². The van der Waals surface area contributed by atoms with Crippen LogP contribution in [-0.4, -0.2) is 29.3 Å². The molecule has 0 aliphatic carbocycles. The van der Waals surface area contributed by atoms with Gasteiger partial charge in [-0.2, -0.15) is 0 Å². The normalized spacial score (nSPS) is 11.3. The molecular formula is C23H21FN2O5. The van der Waals surface area contributed by atoms with Crippen molar-refractivity contribution in [2.45, 2.75) is 26.6 Å². The molecule has 2 aromatic heterocycles. The Balaban J connectivity index is 1.78. The Hall–Kier alpha value is -3.65. The SMILES string of the molecule is COCc1c(OC(=O)OC(C)C)ncc2[nH]c3ccc(Oc4ccc(F)cc4)cc3c12. The highest BCUT2D eigenvalue weighted by molar-refractivity contribution is 6.09. The molecule has 4 rings (SSSR count). The summed E-state index contributed by atoms with van der Waals surface area (Å²) < 4.78 is 34.8. The van der Waals surface area contributed by atoms with Gasteiger partial charge in [-0.15, -0.1) is 0 Å². The van der Waals surface area contributed by atoms with E-state index in [0.717, 1.165) is 21.8 Å². The fraction of sp³-hybridized carbons (Fsp3) is 0.217. The summed E-state index contributed by atoms with van der Waals surface area (Å²) in [7, 11) is 1.55. The average Bonchev–Trinajstić information content (AvgIpc) is 3.09. The van der Waals surface area contributed by atoms with Crippen molar-refractivity contribution in [2.24, 2.45) is 0 Å². The van der Waals surface area contributed by atoms with Crippen LogP contribution in [0.3, 0.4) is 0 Å². The molecule has 2 heterocycles. The van der Waals surface area contributed by atoms with Gasteiger partial charge in [0.1, 0.15) is 17.3 Å². The van der Waals surface area contributed by atoms with Gasteiger partial charge in [0, 0.05) is 23.4 Å². The third-order valence-electron chi connectivity index (χ3n) is 4.52. The third-order valence-corrected chi connectivity index (χ3v) is 4.52. The number of benzene rings is 2. The summed E-state index contributed by atoms with van der Waals surface area (Å²) in [6.07, 6.45) is 0.438. The van der Waals surface area contributed by atoms with E-state index in [1.807, 2.05) is 18.2 Å². The number of rotatable bonds is 6. The van der Waals surface area contributed by atoms with Crippen LogP contribution < -0.4 is 9.47 Å². The molecule has 0 saturated heterocycles. The van der Waals surface area contributed by atoms with Crippen molar-refractivity contribution in [1.82, 2.24) is 9.97 Å². The van der Waals surface area contributed by atoms with Crippen LogP contribution in [-0.2, 0) is 16.1 Å². The van der Waals surface area contributed by atoms with Crippen LogP contribution in [0.5, 0.6) is 17.4 Å². The minimum Gasteiger partial charge on any atom is -0.457 e. The van der Waals surface area contributed by atoms with Gasteiger partial charge in [0.25, 0.3) is 0 Å². The molecule has 0 aliphatic rings. The lowest BCUT2D eigenvalue weighted by Gasteiger charge is -2.12. The van der Waals surface area contributed by atoms with E-state index in [1.165, 1.54) is 12.1 Å². The van der Waals surface area contributed by atoms with E-state index >= 15 is 0 Å². The second-order valence-electron chi connectivity index (χ2n) is 7.17. The number of pyridine rings is 1. The van der Waals surface area contributed by atoms with Gasteiger partial charge >= 0.3 is 6.16 Å². The molecule has 0 atom stereocenters. The Bertz CT molecular complexity index is 1230. The largest absolute Gasteiger partial charge is 0.515 e. The summed E-state index contributed by atoms with van der Waals surface area (Å²) in [5.41, 5.74) is 2.21. The number of H-pyrrole nitrogens is 1. The monoisotopic (exact) mass is 424 g/mol. The number of hydrogen-bond donors (Lipinski definition) is 1. The van der Waals surface area contributed by atoms with E-state index < -0.39 is 6.16 Å². The van der Waals surface area contributed by atoms with Crippen molar-refractivity contribution in [3.05, 3.63) is 60.0 Å². The standard InChI is InChI=1S/C23H21FN2O5/c1-13(2)29-23(27)31-22-18(12-28-3)21-17-10-16(30-15-6-4-14(24)5-7-15)8-9-19(17)26-20(21)11-25-22/h4-11,13,26H,12H2,1-3H3. The van der Waals surface area contributed by atoms with Gasteiger partial charge in [0.05, 0.1) is 30.0 Å². The van der Waals surface area contributed by atoms with E-state index in [0.29, 0.717) is 17.1 Å². The zero-order chi connectivity index (χ0) is 22.0. The molecule has 160 valence electrons. The highest BCUT2D eigenvalue weighted by Gasteiger charge is 2.19. The lowest BCUT2D eigenvalue weighted by Crippen LogP contribution is -2.17. The Labute approximate surface area is 177 Å². The number of halogens is 1. The molecular weight excluding hydrogens is 403 g/mol. The number of hydrogen-bond acceptors (Lipinski definition) is 6. The fourth-order valence-corrected chi connectivity index (χ4v) is 3.29. The fourth-order valence-electron chi connectivity index (χ4n) is 3.29. The van der Waals surface area contributed by atoms with E-state index in [-0.39, 0.29) is 24.4 Å². The number of ether oxygens (including phenoxy) is 4. The maximum atomic E-state index is 13.2. The molecule has 7 nitrogen and oxygen atoms in total. The van der Waals surface area contributed by atoms with Crippen molar-refractivity contribution in [3.8, 4) is 17.4 Å². The summed E-state index contributed by atoms with van der Waals surface area (Å²) in [5.74, 6) is 0.868. The molecule has 1 N–H and O–H groups in total. The molecule has 4 aromatic rings. The molecule has 31 heavy (non-hydrogen) atoms. The number of nitrogens with zero attached hydrogens (tertiary/aromatic N) is 1. The van der Waals surface area contributed by atoms with Crippen molar-refractivity contribution < 1.29 is 28.1 Å². The van der Waals surface area contributed by atoms with Crippen LogP contribution in [0.15, 0.2) is 48.7 Å². The molecule has 0 spiro atoms. The highest BCUT2D eigenvalue weighted by Crippen LogP contribution is 2.35. The molecule has 0 fully saturated rings. The van der Waals surface area contributed by atoms with Crippen LogP contribution in [0.1, 0.15) is 19.4 Å². The lowest BCUT2D eigenvalue weighted by molar-refractivity contribution is 0.0705. The number of carbonyl (C=O) groups excluding carboxylic acids is 1. The van der Waals surface area contributed by atoms with Gasteiger partial charge in [-0.1, -0.05) is 0 Å². The van der Waals surface area contributed by atoms with Crippen molar-refractivity contribution >= 4 is 28.0 Å². The lowest BCUT2D eigenvalue weighted by atomic mass is 10.1. The van der Waals surface area contributed by atoms with Crippen molar-refractivity contribution in [2.75, 3.05) is 7.11 Å². The Kier molecular flexibility index (Phi) is 5.73. The summed E-state index contributed by atoms with van der Waals surface area (Å²) in [6, 6.07) is 11.3. The second-order valence-corrected chi connectivity index (χ2v) is 7.17. The second kappa shape index (κ2) is 8.61. The molecule has 0 saturated carbocycles. The van der Waals surface area contributed by atoms with Crippen LogP contribution in [0.4, 0.5) is 9.18 Å². The van der Waals surface area contributed by atoms with Crippen molar-refractivity contribution in [1.29, 1.82) is 0 Å². The van der Waals surface area contributed by atoms with Crippen LogP contribution in [0.25, 0.3) is 21.8 Å².